The zero-order valence-electron chi connectivity index (χ0n) is 56.7. The van der Waals surface area contributed by atoms with Crippen molar-refractivity contribution in [3.05, 3.63) is 12.2 Å². The van der Waals surface area contributed by atoms with E-state index in [0.29, 0.717) is 19.4 Å². The van der Waals surface area contributed by atoms with Gasteiger partial charge in [0.15, 0.2) is 0 Å². The number of allylic oxidation sites excluding steroid dienone is 1. The molecule has 0 aliphatic rings. The van der Waals surface area contributed by atoms with Crippen LogP contribution in [0.25, 0.3) is 0 Å². The average molecular weight is 1170 g/mol. The van der Waals surface area contributed by atoms with E-state index in [1.807, 2.05) is 6.08 Å². The van der Waals surface area contributed by atoms with Gasteiger partial charge < -0.3 is 20.3 Å². The SMILES string of the molecule is CCCCCCCCCCCCCCCCCCCCCC/C=C/C(O)C(CO)NC(=O)CCCCCCCCCCCCCCCCCCCCCCCCCCCCCCCCCCCOC(=O)CCCCCCCCCCCCC. The first-order valence-corrected chi connectivity index (χ1v) is 38.5. The molecule has 83 heavy (non-hydrogen) atoms. The maximum absolute atomic E-state index is 12.5. The molecular formula is C77H151NO5. The average Bonchev–Trinajstić information content (AvgIpc) is 3.50. The number of carbonyl (C=O) groups is 2. The van der Waals surface area contributed by atoms with E-state index in [4.69, 9.17) is 4.74 Å². The van der Waals surface area contributed by atoms with Crippen LogP contribution in [0.2, 0.25) is 0 Å². The Bertz CT molecular complexity index is 1260. The van der Waals surface area contributed by atoms with E-state index in [2.05, 4.69) is 19.2 Å². The number of esters is 1. The first kappa shape index (κ1) is 81.6. The van der Waals surface area contributed by atoms with Gasteiger partial charge in [0.1, 0.15) is 0 Å². The van der Waals surface area contributed by atoms with E-state index in [9.17, 15) is 19.8 Å². The summed E-state index contributed by atoms with van der Waals surface area (Å²) in [4.78, 5) is 24.6. The maximum Gasteiger partial charge on any atom is 0.305 e. The highest BCUT2D eigenvalue weighted by Crippen LogP contribution is 2.20. The fraction of sp³-hybridized carbons (Fsp3) is 0.948. The molecule has 0 aromatic carbocycles. The predicted octanol–water partition coefficient (Wildman–Crippen LogP) is 25.1. The molecule has 0 aromatic heterocycles. The van der Waals surface area contributed by atoms with Crippen LogP contribution in [0.15, 0.2) is 12.2 Å². The van der Waals surface area contributed by atoms with E-state index in [1.165, 1.54) is 379 Å². The summed E-state index contributed by atoms with van der Waals surface area (Å²) in [7, 11) is 0. The molecule has 0 saturated heterocycles. The van der Waals surface area contributed by atoms with Gasteiger partial charge in [-0.2, -0.15) is 0 Å². The Morgan fingerprint density at radius 2 is 0.554 bits per heavy atom. The van der Waals surface area contributed by atoms with Gasteiger partial charge in [0, 0.05) is 12.8 Å². The van der Waals surface area contributed by atoms with Gasteiger partial charge >= 0.3 is 5.97 Å². The molecule has 0 bridgehead atoms. The summed E-state index contributed by atoms with van der Waals surface area (Å²) in [6, 6.07) is -0.624. The second-order valence-electron chi connectivity index (χ2n) is 26.7. The summed E-state index contributed by atoms with van der Waals surface area (Å²) in [5.41, 5.74) is 0. The van der Waals surface area contributed by atoms with Crippen molar-refractivity contribution in [2.45, 2.75) is 456 Å². The van der Waals surface area contributed by atoms with Crippen LogP contribution in [0, 0.1) is 0 Å². The number of aliphatic hydroxyl groups excluding tert-OH is 2. The molecule has 0 radical (unpaired) electrons. The molecule has 3 N–H and O–H groups in total. The summed E-state index contributed by atoms with van der Waals surface area (Å²) in [6.07, 6.45) is 91.9. The minimum atomic E-state index is -0.842. The molecule has 494 valence electrons. The molecule has 2 unspecified atom stereocenters. The molecule has 6 nitrogen and oxygen atoms in total. The van der Waals surface area contributed by atoms with Gasteiger partial charge in [0.25, 0.3) is 0 Å². The number of hydrogen-bond acceptors (Lipinski definition) is 5. The smallest absolute Gasteiger partial charge is 0.305 e. The molecule has 0 saturated carbocycles. The minimum Gasteiger partial charge on any atom is -0.466 e. The molecule has 0 aromatic rings. The van der Waals surface area contributed by atoms with Crippen molar-refractivity contribution in [1.29, 1.82) is 0 Å². The van der Waals surface area contributed by atoms with Gasteiger partial charge in [-0.1, -0.05) is 411 Å². The largest absolute Gasteiger partial charge is 0.466 e. The molecule has 0 fully saturated rings. The zero-order valence-corrected chi connectivity index (χ0v) is 56.7. The van der Waals surface area contributed by atoms with Crippen molar-refractivity contribution >= 4 is 11.9 Å². The second kappa shape index (κ2) is 73.1. The highest BCUT2D eigenvalue weighted by molar-refractivity contribution is 5.76. The lowest BCUT2D eigenvalue weighted by atomic mass is 10.0. The third kappa shape index (κ3) is 69.6. The van der Waals surface area contributed by atoms with Gasteiger partial charge in [0.05, 0.1) is 25.4 Å². The molecule has 0 spiro atoms. The van der Waals surface area contributed by atoms with Crippen molar-refractivity contribution in [2.24, 2.45) is 0 Å². The summed E-state index contributed by atoms with van der Waals surface area (Å²) in [6.45, 7) is 4.95. The highest BCUT2D eigenvalue weighted by Gasteiger charge is 2.18. The molecule has 0 rings (SSSR count). The van der Waals surface area contributed by atoms with Crippen LogP contribution in [0.4, 0.5) is 0 Å². The van der Waals surface area contributed by atoms with Gasteiger partial charge in [-0.25, -0.2) is 0 Å². The summed E-state index contributed by atoms with van der Waals surface area (Å²) in [5, 5.41) is 23.3. The Morgan fingerprint density at radius 1 is 0.325 bits per heavy atom. The lowest BCUT2D eigenvalue weighted by Gasteiger charge is -2.20. The van der Waals surface area contributed by atoms with Crippen LogP contribution in [0.5, 0.6) is 0 Å². The number of carbonyl (C=O) groups excluding carboxylic acids is 2. The van der Waals surface area contributed by atoms with Gasteiger partial charge in [-0.05, 0) is 32.1 Å². The van der Waals surface area contributed by atoms with Crippen molar-refractivity contribution < 1.29 is 24.5 Å². The van der Waals surface area contributed by atoms with Gasteiger partial charge in [0.2, 0.25) is 5.91 Å². The molecule has 0 aliphatic heterocycles. The van der Waals surface area contributed by atoms with Crippen molar-refractivity contribution in [3.8, 4) is 0 Å². The maximum atomic E-state index is 12.5. The Labute approximate surface area is 520 Å². The minimum absolute atomic E-state index is 0.0222. The van der Waals surface area contributed by atoms with E-state index in [0.717, 1.165) is 38.5 Å². The van der Waals surface area contributed by atoms with Gasteiger partial charge in [-0.15, -0.1) is 0 Å². The van der Waals surface area contributed by atoms with E-state index in [1.54, 1.807) is 6.08 Å². The lowest BCUT2D eigenvalue weighted by molar-refractivity contribution is -0.143. The first-order valence-electron chi connectivity index (χ1n) is 38.5. The molecule has 0 aliphatic carbocycles. The summed E-state index contributed by atoms with van der Waals surface area (Å²) in [5.74, 6) is -0.0357. The normalized spacial score (nSPS) is 12.5. The first-order chi connectivity index (χ1) is 41.0. The highest BCUT2D eigenvalue weighted by atomic mass is 16.5. The van der Waals surface area contributed by atoms with E-state index >= 15 is 0 Å². The quantitative estimate of drug-likeness (QED) is 0.0320. The lowest BCUT2D eigenvalue weighted by Crippen LogP contribution is -2.45. The number of aliphatic hydroxyl groups is 2. The second-order valence-corrected chi connectivity index (χ2v) is 26.7. The third-order valence-electron chi connectivity index (χ3n) is 18.3. The Morgan fingerprint density at radius 3 is 0.819 bits per heavy atom. The van der Waals surface area contributed by atoms with Crippen LogP contribution in [0.1, 0.15) is 444 Å². The van der Waals surface area contributed by atoms with Gasteiger partial charge in [-0.3, -0.25) is 9.59 Å². The van der Waals surface area contributed by atoms with Crippen molar-refractivity contribution in [2.75, 3.05) is 13.2 Å². The number of rotatable bonds is 73. The standard InChI is InChI=1S/C77H151NO5/c1-3-5-7-9-11-13-15-16-17-18-19-20-34-37-40-43-46-50-53-57-61-65-69-75(80)74(73-79)78-76(81)70-66-62-58-54-51-47-44-41-38-35-32-30-28-26-24-22-21-23-25-27-29-31-33-36-39-42-45-48-52-56-60-64-68-72-83-77(82)71-67-63-59-55-49-14-12-10-8-6-4-2/h65,69,74-75,79-80H,3-64,66-68,70-73H2,1-2H3,(H,78,81)/b69-65+. The van der Waals surface area contributed by atoms with Crippen molar-refractivity contribution in [3.63, 3.8) is 0 Å². The topological polar surface area (TPSA) is 95.9 Å². The van der Waals surface area contributed by atoms with Crippen LogP contribution in [0.3, 0.4) is 0 Å². The third-order valence-corrected chi connectivity index (χ3v) is 18.3. The number of ether oxygens (including phenoxy) is 1. The zero-order chi connectivity index (χ0) is 59.9. The Kier molecular flexibility index (Phi) is 71.8. The van der Waals surface area contributed by atoms with E-state index < -0.39 is 12.1 Å². The number of nitrogens with one attached hydrogen (secondary N) is 1. The number of hydrogen-bond donors (Lipinski definition) is 3. The fourth-order valence-electron chi connectivity index (χ4n) is 12.5. The van der Waals surface area contributed by atoms with Crippen LogP contribution in [-0.4, -0.2) is 47.4 Å². The van der Waals surface area contributed by atoms with Crippen LogP contribution < -0.4 is 5.32 Å². The molecule has 2 atom stereocenters. The molecule has 0 heterocycles. The number of amides is 1. The van der Waals surface area contributed by atoms with Crippen LogP contribution >= 0.6 is 0 Å². The molecule has 6 heteroatoms. The molecule has 1 amide bonds. The van der Waals surface area contributed by atoms with Crippen LogP contribution in [-0.2, 0) is 14.3 Å². The van der Waals surface area contributed by atoms with E-state index in [-0.39, 0.29) is 18.5 Å². The van der Waals surface area contributed by atoms with Crippen molar-refractivity contribution in [1.82, 2.24) is 5.32 Å². The molecular weight excluding hydrogens is 1020 g/mol. The number of unbranched alkanes of at least 4 members (excludes halogenated alkanes) is 62. The fourth-order valence-corrected chi connectivity index (χ4v) is 12.5. The Hall–Kier alpha value is -1.40. The predicted molar refractivity (Wildman–Crippen MR) is 366 cm³/mol. The summed E-state index contributed by atoms with van der Waals surface area (Å²) < 4.78 is 5.48. The summed E-state index contributed by atoms with van der Waals surface area (Å²) >= 11 is 0. The monoisotopic (exact) mass is 1170 g/mol. The Balaban J connectivity index is 3.34.